The number of aromatic nitrogens is 1. The second kappa shape index (κ2) is 11.4. The van der Waals surface area contributed by atoms with Crippen LogP contribution < -0.4 is 15.6 Å². The van der Waals surface area contributed by atoms with E-state index in [0.29, 0.717) is 59.5 Å². The van der Waals surface area contributed by atoms with Crippen LogP contribution in [0.4, 0.5) is 10.5 Å². The SMILES string of the molecule is CC(C)(C)OC(=O)N1CCC(Oc2c(-c3ccccc3)nc3ccccc3c2C(=O)N(N)c2ccccc2)CC1. The van der Waals surface area contributed by atoms with Gasteiger partial charge in [0.05, 0.1) is 16.8 Å². The number of hydrogen-bond donors (Lipinski definition) is 1. The number of likely N-dealkylation sites (tertiary alicyclic amines) is 1. The average molecular weight is 539 g/mol. The standard InChI is InChI=1S/C32H34N4O4/c1-32(2,3)40-31(38)35-20-18-24(19-21-35)39-29-27(30(37)36(33)23-14-8-5-9-15-23)25-16-10-11-17-26(25)34-28(29)22-12-6-4-7-13-22/h4-17,24H,18-21,33H2,1-3H3. The smallest absolute Gasteiger partial charge is 0.410 e. The molecule has 3 aromatic carbocycles. The largest absolute Gasteiger partial charge is 0.487 e. The number of nitrogens with zero attached hydrogens (tertiary/aromatic N) is 3. The first-order chi connectivity index (χ1) is 19.2. The molecule has 0 unspecified atom stereocenters. The Balaban J connectivity index is 1.55. The Morgan fingerprint density at radius 2 is 1.50 bits per heavy atom. The molecule has 2 amide bonds. The molecule has 1 aliphatic rings. The summed E-state index contributed by atoms with van der Waals surface area (Å²) in [5, 5.41) is 1.80. The third kappa shape index (κ3) is 5.92. The van der Waals surface area contributed by atoms with E-state index in [0.717, 1.165) is 10.6 Å². The Morgan fingerprint density at radius 3 is 2.15 bits per heavy atom. The van der Waals surface area contributed by atoms with Crippen molar-refractivity contribution < 1.29 is 19.1 Å². The van der Waals surface area contributed by atoms with E-state index in [9.17, 15) is 9.59 Å². The maximum Gasteiger partial charge on any atom is 0.410 e. The summed E-state index contributed by atoms with van der Waals surface area (Å²) in [4.78, 5) is 33.4. The van der Waals surface area contributed by atoms with Crippen molar-refractivity contribution in [1.29, 1.82) is 0 Å². The number of carbonyl (C=O) groups excluding carboxylic acids is 2. The van der Waals surface area contributed by atoms with Crippen LogP contribution in [0, 0.1) is 0 Å². The minimum absolute atomic E-state index is 0.237. The molecule has 0 aliphatic carbocycles. The van der Waals surface area contributed by atoms with Crippen LogP contribution in [0.2, 0.25) is 0 Å². The Bertz CT molecular complexity index is 1490. The van der Waals surface area contributed by atoms with E-state index >= 15 is 0 Å². The van der Waals surface area contributed by atoms with Gasteiger partial charge >= 0.3 is 6.09 Å². The molecular weight excluding hydrogens is 504 g/mol. The number of para-hydroxylation sites is 2. The van der Waals surface area contributed by atoms with Gasteiger partial charge in [-0.05, 0) is 39.0 Å². The van der Waals surface area contributed by atoms with Crippen LogP contribution in [0.15, 0.2) is 84.9 Å². The Labute approximate surface area is 234 Å². The van der Waals surface area contributed by atoms with Crippen molar-refractivity contribution in [2.45, 2.75) is 45.3 Å². The minimum atomic E-state index is -0.562. The summed E-state index contributed by atoms with van der Waals surface area (Å²) in [5.41, 5.74) is 2.41. The second-order valence-electron chi connectivity index (χ2n) is 10.8. The molecule has 0 saturated carbocycles. The molecule has 1 saturated heterocycles. The number of pyridine rings is 1. The molecule has 1 fully saturated rings. The molecule has 40 heavy (non-hydrogen) atoms. The molecule has 0 atom stereocenters. The number of anilines is 1. The second-order valence-corrected chi connectivity index (χ2v) is 10.8. The molecule has 2 N–H and O–H groups in total. The molecule has 5 rings (SSSR count). The van der Waals surface area contributed by atoms with Crippen LogP contribution in [0.3, 0.4) is 0 Å². The first-order valence-electron chi connectivity index (χ1n) is 13.5. The fourth-order valence-electron chi connectivity index (χ4n) is 4.79. The van der Waals surface area contributed by atoms with Crippen LogP contribution in [0.1, 0.15) is 44.0 Å². The molecule has 4 aromatic rings. The van der Waals surface area contributed by atoms with Crippen molar-refractivity contribution >= 4 is 28.6 Å². The van der Waals surface area contributed by atoms with Gasteiger partial charge in [0.2, 0.25) is 0 Å². The molecule has 8 heteroatoms. The lowest BCUT2D eigenvalue weighted by Gasteiger charge is -2.34. The molecular formula is C32H34N4O4. The summed E-state index contributed by atoms with van der Waals surface area (Å²) in [6, 6.07) is 26.3. The molecule has 206 valence electrons. The fourth-order valence-corrected chi connectivity index (χ4v) is 4.79. The summed E-state index contributed by atoms with van der Waals surface area (Å²) in [7, 11) is 0. The maximum atomic E-state index is 14.1. The molecule has 8 nitrogen and oxygen atoms in total. The zero-order valence-corrected chi connectivity index (χ0v) is 23.0. The normalized spacial score (nSPS) is 14.2. The van der Waals surface area contributed by atoms with Gasteiger partial charge in [-0.15, -0.1) is 0 Å². The number of nitrogens with two attached hydrogens (primary N) is 1. The number of piperidine rings is 1. The number of carbonyl (C=O) groups is 2. The number of hydrazine groups is 1. The summed E-state index contributed by atoms with van der Waals surface area (Å²) in [6.07, 6.45) is 0.595. The molecule has 1 aromatic heterocycles. The topological polar surface area (TPSA) is 98.0 Å². The number of ether oxygens (including phenoxy) is 2. The van der Waals surface area contributed by atoms with Crippen molar-refractivity contribution in [3.05, 3.63) is 90.5 Å². The van der Waals surface area contributed by atoms with Gasteiger partial charge < -0.3 is 14.4 Å². The maximum absolute atomic E-state index is 14.1. The Kier molecular flexibility index (Phi) is 7.71. The van der Waals surface area contributed by atoms with Gasteiger partial charge in [0.25, 0.3) is 5.91 Å². The first kappa shape index (κ1) is 27.1. The van der Waals surface area contributed by atoms with Gasteiger partial charge in [0.15, 0.2) is 5.75 Å². The highest BCUT2D eigenvalue weighted by Gasteiger charge is 2.31. The Hall–Kier alpha value is -4.43. The van der Waals surface area contributed by atoms with Crippen LogP contribution >= 0.6 is 0 Å². The highest BCUT2D eigenvalue weighted by atomic mass is 16.6. The highest BCUT2D eigenvalue weighted by Crippen LogP contribution is 2.39. The summed E-state index contributed by atoms with van der Waals surface area (Å²) in [5.74, 6) is 6.39. The fraction of sp³-hybridized carbons (Fsp3) is 0.281. The predicted octanol–water partition coefficient (Wildman–Crippen LogP) is 6.20. The average Bonchev–Trinajstić information content (AvgIpc) is 2.96. The zero-order chi connectivity index (χ0) is 28.3. The van der Waals surface area contributed by atoms with Gasteiger partial charge in [-0.1, -0.05) is 66.7 Å². The van der Waals surface area contributed by atoms with Crippen molar-refractivity contribution in [2.24, 2.45) is 5.84 Å². The molecule has 1 aliphatic heterocycles. The number of rotatable bonds is 5. The summed E-state index contributed by atoms with van der Waals surface area (Å²) < 4.78 is 12.2. The van der Waals surface area contributed by atoms with Crippen molar-refractivity contribution in [2.75, 3.05) is 18.1 Å². The van der Waals surface area contributed by atoms with E-state index in [2.05, 4.69) is 0 Å². The van der Waals surface area contributed by atoms with Crippen LogP contribution in [-0.4, -0.2) is 46.7 Å². The lowest BCUT2D eigenvalue weighted by molar-refractivity contribution is 0.0126. The predicted molar refractivity (Wildman–Crippen MR) is 156 cm³/mol. The summed E-state index contributed by atoms with van der Waals surface area (Å²) >= 11 is 0. The molecule has 0 spiro atoms. The van der Waals surface area contributed by atoms with Crippen molar-refractivity contribution in [1.82, 2.24) is 9.88 Å². The van der Waals surface area contributed by atoms with E-state index in [4.69, 9.17) is 20.3 Å². The third-order valence-electron chi connectivity index (χ3n) is 6.74. The highest BCUT2D eigenvalue weighted by molar-refractivity contribution is 6.16. The molecule has 0 bridgehead atoms. The van der Waals surface area contributed by atoms with Crippen molar-refractivity contribution in [3.63, 3.8) is 0 Å². The molecule has 2 heterocycles. The number of benzene rings is 3. The number of fused-ring (bicyclic) bond motifs is 1. The van der Waals surface area contributed by atoms with Crippen LogP contribution in [-0.2, 0) is 4.74 Å². The lowest BCUT2D eigenvalue weighted by atomic mass is 10.0. The number of amides is 2. The van der Waals surface area contributed by atoms with Gasteiger partial charge in [-0.25, -0.2) is 20.6 Å². The van der Waals surface area contributed by atoms with E-state index in [1.54, 1.807) is 17.0 Å². The van der Waals surface area contributed by atoms with E-state index < -0.39 is 11.5 Å². The van der Waals surface area contributed by atoms with E-state index in [1.165, 1.54) is 0 Å². The van der Waals surface area contributed by atoms with Crippen LogP contribution in [0.25, 0.3) is 22.2 Å². The van der Waals surface area contributed by atoms with Gasteiger partial charge in [0, 0.05) is 36.9 Å². The number of hydrogen-bond acceptors (Lipinski definition) is 6. The van der Waals surface area contributed by atoms with E-state index in [-0.39, 0.29) is 12.2 Å². The minimum Gasteiger partial charge on any atom is -0.487 e. The quantitative estimate of drug-likeness (QED) is 0.185. The van der Waals surface area contributed by atoms with Crippen LogP contribution in [0.5, 0.6) is 5.75 Å². The van der Waals surface area contributed by atoms with Gasteiger partial charge in [-0.3, -0.25) is 4.79 Å². The molecule has 0 radical (unpaired) electrons. The monoisotopic (exact) mass is 538 g/mol. The van der Waals surface area contributed by atoms with Gasteiger partial charge in [-0.2, -0.15) is 0 Å². The summed E-state index contributed by atoms with van der Waals surface area (Å²) in [6.45, 7) is 6.53. The Morgan fingerprint density at radius 1 is 0.900 bits per heavy atom. The van der Waals surface area contributed by atoms with Gasteiger partial charge in [0.1, 0.15) is 17.4 Å². The van der Waals surface area contributed by atoms with Crippen molar-refractivity contribution in [3.8, 4) is 17.0 Å². The lowest BCUT2D eigenvalue weighted by Crippen LogP contribution is -2.44. The third-order valence-corrected chi connectivity index (χ3v) is 6.74. The zero-order valence-electron chi connectivity index (χ0n) is 23.0. The van der Waals surface area contributed by atoms with E-state index in [1.807, 2.05) is 93.6 Å². The first-order valence-corrected chi connectivity index (χ1v) is 13.5.